The van der Waals surface area contributed by atoms with E-state index < -0.39 is 18.2 Å². The normalized spacial score (nSPS) is 17.3. The fourth-order valence-electron chi connectivity index (χ4n) is 2.07. The Labute approximate surface area is 161 Å². The molecule has 0 bridgehead atoms. The number of carbonyl (C=O) groups is 2. The lowest BCUT2D eigenvalue weighted by Gasteiger charge is -2.17. The number of methoxy groups -OCH3 is 1. The van der Waals surface area contributed by atoms with Crippen molar-refractivity contribution in [3.8, 4) is 0 Å². The van der Waals surface area contributed by atoms with Crippen LogP contribution in [0.2, 0.25) is 0 Å². The molecule has 0 radical (unpaired) electrons. The van der Waals surface area contributed by atoms with Crippen molar-refractivity contribution in [2.24, 2.45) is 10.2 Å². The van der Waals surface area contributed by atoms with Gasteiger partial charge in [-0.25, -0.2) is 4.79 Å². The van der Waals surface area contributed by atoms with Crippen molar-refractivity contribution >= 4 is 35.0 Å². The van der Waals surface area contributed by atoms with Crippen molar-refractivity contribution in [1.29, 1.82) is 0 Å². The van der Waals surface area contributed by atoms with E-state index in [-0.39, 0.29) is 10.1 Å². The fourth-order valence-corrected chi connectivity index (χ4v) is 2.81. The van der Waals surface area contributed by atoms with Crippen LogP contribution in [0.3, 0.4) is 0 Å². The number of rotatable bonds is 8. The third-order valence-electron chi connectivity index (χ3n) is 3.30. The third kappa shape index (κ3) is 6.31. The molecule has 1 aromatic carbocycles. The van der Waals surface area contributed by atoms with Crippen molar-refractivity contribution in [2.45, 2.75) is 20.1 Å². The van der Waals surface area contributed by atoms with Crippen LogP contribution < -0.4 is 5.32 Å². The van der Waals surface area contributed by atoms with Crippen LogP contribution in [-0.2, 0) is 23.8 Å². The van der Waals surface area contributed by atoms with Gasteiger partial charge in [-0.2, -0.15) is 5.10 Å². The molecule has 1 N–H and O–H groups in total. The number of nitrogens with zero attached hydrogens (tertiary/aromatic N) is 2. The van der Waals surface area contributed by atoms with Crippen LogP contribution in [-0.4, -0.2) is 43.6 Å². The summed E-state index contributed by atoms with van der Waals surface area (Å²) in [7, 11) is 1.24. The average molecular weight is 391 g/mol. The van der Waals surface area contributed by atoms with Crippen molar-refractivity contribution in [3.05, 3.63) is 46.4 Å². The first-order valence-corrected chi connectivity index (χ1v) is 9.12. The maximum atomic E-state index is 11.7. The smallest absolute Gasteiger partial charge is 0.331 e. The Morgan fingerprint density at radius 3 is 2.48 bits per heavy atom. The number of hydrogen-bond donors (Lipinski definition) is 1. The maximum absolute atomic E-state index is 11.7. The van der Waals surface area contributed by atoms with Crippen LogP contribution in [0, 0.1) is 0 Å². The van der Waals surface area contributed by atoms with Crippen molar-refractivity contribution < 1.29 is 23.8 Å². The molecule has 8 nitrogen and oxygen atoms in total. The molecule has 1 aliphatic heterocycles. The SMILES string of the molecule is CCOC(OCC)c1ccc(C=N/N=C2/NC(=O)/C(=C\C(=O)OC)S2)cc1. The zero-order valence-electron chi connectivity index (χ0n) is 15.3. The molecule has 0 atom stereocenters. The highest BCUT2D eigenvalue weighted by molar-refractivity contribution is 8.18. The molecule has 0 spiro atoms. The van der Waals surface area contributed by atoms with Gasteiger partial charge in [-0.3, -0.25) is 10.1 Å². The monoisotopic (exact) mass is 391 g/mol. The molecule has 0 unspecified atom stereocenters. The summed E-state index contributed by atoms with van der Waals surface area (Å²) < 4.78 is 15.6. The highest BCUT2D eigenvalue weighted by atomic mass is 32.2. The van der Waals surface area contributed by atoms with E-state index in [0.717, 1.165) is 29.0 Å². The Kier molecular flexibility index (Phi) is 8.18. The van der Waals surface area contributed by atoms with Crippen LogP contribution in [0.5, 0.6) is 0 Å². The molecular weight excluding hydrogens is 370 g/mol. The van der Waals surface area contributed by atoms with Gasteiger partial charge in [0, 0.05) is 24.9 Å². The Hall–Kier alpha value is -2.49. The van der Waals surface area contributed by atoms with Crippen LogP contribution >= 0.6 is 11.8 Å². The lowest BCUT2D eigenvalue weighted by Crippen LogP contribution is -2.19. The summed E-state index contributed by atoms with van der Waals surface area (Å²) in [6.45, 7) is 4.94. The standard InChI is InChI=1S/C18H21N3O5S/c1-4-25-17(26-5-2)13-8-6-12(7-9-13)11-19-21-18-20-16(23)14(27-18)10-15(22)24-3/h6-11,17H,4-5H2,1-3H3,(H,20,21,23)/b14-10+,19-11?. The average Bonchev–Trinajstić information content (AvgIpc) is 3.01. The predicted molar refractivity (Wildman–Crippen MR) is 103 cm³/mol. The van der Waals surface area contributed by atoms with Crippen LogP contribution in [0.15, 0.2) is 45.4 Å². The van der Waals surface area contributed by atoms with Gasteiger partial charge < -0.3 is 14.2 Å². The van der Waals surface area contributed by atoms with E-state index in [2.05, 4.69) is 20.3 Å². The molecule has 1 amide bonds. The summed E-state index contributed by atoms with van der Waals surface area (Å²) in [6, 6.07) is 7.53. The number of hydrogen-bond acceptors (Lipinski definition) is 8. The molecule has 1 saturated heterocycles. The first-order chi connectivity index (χ1) is 13.1. The predicted octanol–water partition coefficient (Wildman–Crippen LogP) is 2.37. The quantitative estimate of drug-likeness (QED) is 0.240. The summed E-state index contributed by atoms with van der Waals surface area (Å²) in [5.41, 5.74) is 1.74. The largest absolute Gasteiger partial charge is 0.466 e. The highest BCUT2D eigenvalue weighted by Crippen LogP contribution is 2.23. The van der Waals surface area contributed by atoms with Gasteiger partial charge in [-0.05, 0) is 31.2 Å². The van der Waals surface area contributed by atoms with E-state index in [0.29, 0.717) is 13.2 Å². The second-order valence-electron chi connectivity index (χ2n) is 5.15. The highest BCUT2D eigenvalue weighted by Gasteiger charge is 2.24. The summed E-state index contributed by atoms with van der Waals surface area (Å²) in [5, 5.41) is 10.7. The number of esters is 1. The molecule has 2 rings (SSSR count). The van der Waals surface area contributed by atoms with E-state index in [4.69, 9.17) is 9.47 Å². The first-order valence-electron chi connectivity index (χ1n) is 8.30. The Morgan fingerprint density at radius 1 is 1.22 bits per heavy atom. The lowest BCUT2D eigenvalue weighted by atomic mass is 10.1. The van der Waals surface area contributed by atoms with E-state index in [1.54, 1.807) is 6.21 Å². The van der Waals surface area contributed by atoms with E-state index in [9.17, 15) is 9.59 Å². The second-order valence-corrected chi connectivity index (χ2v) is 6.18. The molecule has 144 valence electrons. The van der Waals surface area contributed by atoms with Crippen LogP contribution in [0.4, 0.5) is 0 Å². The molecule has 0 saturated carbocycles. The van der Waals surface area contributed by atoms with E-state index in [1.165, 1.54) is 7.11 Å². The van der Waals surface area contributed by atoms with E-state index >= 15 is 0 Å². The molecule has 0 aromatic heterocycles. The molecular formula is C18H21N3O5S. The number of thioether (sulfide) groups is 1. The Bertz CT molecular complexity index is 753. The van der Waals surface area contributed by atoms with Crippen LogP contribution in [0.25, 0.3) is 0 Å². The van der Waals surface area contributed by atoms with Crippen molar-refractivity contribution in [3.63, 3.8) is 0 Å². The Morgan fingerprint density at radius 2 is 1.89 bits per heavy atom. The van der Waals surface area contributed by atoms with Crippen molar-refractivity contribution in [2.75, 3.05) is 20.3 Å². The number of carbonyl (C=O) groups excluding carboxylic acids is 2. The molecule has 9 heteroatoms. The first kappa shape index (κ1) is 20.8. The van der Waals surface area contributed by atoms with E-state index in [1.807, 2.05) is 38.1 Å². The Balaban J connectivity index is 2.00. The zero-order valence-corrected chi connectivity index (χ0v) is 16.1. The molecule has 27 heavy (non-hydrogen) atoms. The topological polar surface area (TPSA) is 98.6 Å². The summed E-state index contributed by atoms with van der Waals surface area (Å²) in [4.78, 5) is 23.1. The van der Waals surface area contributed by atoms with Gasteiger partial charge in [-0.15, -0.1) is 5.10 Å². The molecule has 1 aliphatic rings. The number of nitrogens with one attached hydrogen (secondary N) is 1. The summed E-state index contributed by atoms with van der Waals surface area (Å²) in [5.74, 6) is -1.02. The minimum Gasteiger partial charge on any atom is -0.466 e. The van der Waals surface area contributed by atoms with Gasteiger partial charge in [0.25, 0.3) is 5.91 Å². The number of amidine groups is 1. The van der Waals surface area contributed by atoms with Crippen LogP contribution in [0.1, 0.15) is 31.3 Å². The molecule has 1 fully saturated rings. The molecule has 0 aliphatic carbocycles. The van der Waals surface area contributed by atoms with Gasteiger partial charge in [0.15, 0.2) is 11.5 Å². The fraction of sp³-hybridized carbons (Fsp3) is 0.333. The number of benzene rings is 1. The lowest BCUT2D eigenvalue weighted by molar-refractivity contribution is -0.140. The van der Waals surface area contributed by atoms with Gasteiger partial charge >= 0.3 is 5.97 Å². The van der Waals surface area contributed by atoms with Gasteiger partial charge in [0.1, 0.15) is 0 Å². The minimum absolute atomic E-state index is 0.207. The minimum atomic E-state index is -0.602. The summed E-state index contributed by atoms with van der Waals surface area (Å²) >= 11 is 1.02. The molecule has 1 heterocycles. The summed E-state index contributed by atoms with van der Waals surface area (Å²) in [6.07, 6.45) is 2.27. The van der Waals surface area contributed by atoms with Gasteiger partial charge in [0.05, 0.1) is 18.2 Å². The number of amides is 1. The second kappa shape index (κ2) is 10.6. The number of ether oxygens (including phenoxy) is 3. The third-order valence-corrected chi connectivity index (χ3v) is 4.20. The van der Waals surface area contributed by atoms with Gasteiger partial charge in [-0.1, -0.05) is 24.3 Å². The van der Waals surface area contributed by atoms with Crippen molar-refractivity contribution in [1.82, 2.24) is 5.32 Å². The zero-order chi connectivity index (χ0) is 19.6. The molecule has 1 aromatic rings. The van der Waals surface area contributed by atoms with Gasteiger partial charge in [0.2, 0.25) is 0 Å². The maximum Gasteiger partial charge on any atom is 0.331 e.